The molecule has 2 atom stereocenters. The van der Waals surface area contributed by atoms with Gasteiger partial charge in [0, 0.05) is 18.3 Å². The Hall–Kier alpha value is -1.32. The van der Waals surface area contributed by atoms with Gasteiger partial charge in [-0.25, -0.2) is 0 Å². The number of aliphatic carboxylic acids is 1. The topological polar surface area (TPSA) is 55.1 Å². The number of hydrogen-bond donors (Lipinski definition) is 1. The molecule has 0 bridgehead atoms. The van der Waals surface area contributed by atoms with Gasteiger partial charge >= 0.3 is 5.97 Å². The summed E-state index contributed by atoms with van der Waals surface area (Å²) >= 11 is 0. The van der Waals surface area contributed by atoms with Crippen LogP contribution in [-0.4, -0.2) is 20.9 Å². The molecule has 0 amide bonds. The predicted octanol–water partition coefficient (Wildman–Crippen LogP) is 1.48. The van der Waals surface area contributed by atoms with Gasteiger partial charge in [-0.1, -0.05) is 6.92 Å². The van der Waals surface area contributed by atoms with Gasteiger partial charge in [0.1, 0.15) is 0 Å². The van der Waals surface area contributed by atoms with Crippen LogP contribution in [0.3, 0.4) is 0 Å². The van der Waals surface area contributed by atoms with Gasteiger partial charge in [0.25, 0.3) is 0 Å². The fourth-order valence-electron chi connectivity index (χ4n) is 2.61. The molecule has 1 aliphatic carbocycles. The fourth-order valence-corrected chi connectivity index (χ4v) is 2.61. The van der Waals surface area contributed by atoms with Crippen LogP contribution in [0.2, 0.25) is 0 Å². The Bertz CT molecular complexity index is 409. The van der Waals surface area contributed by atoms with Crippen LogP contribution < -0.4 is 0 Å². The number of aryl methyl sites for hydroxylation is 2. The summed E-state index contributed by atoms with van der Waals surface area (Å²) in [6, 6.07) is 0. The highest BCUT2D eigenvalue weighted by Crippen LogP contribution is 2.37. The van der Waals surface area contributed by atoms with Gasteiger partial charge in [-0.3, -0.25) is 9.48 Å². The highest BCUT2D eigenvalue weighted by molar-refractivity contribution is 5.77. The van der Waals surface area contributed by atoms with E-state index in [2.05, 4.69) is 5.10 Å². The summed E-state index contributed by atoms with van der Waals surface area (Å²) in [5.74, 6) is -0.889. The molecule has 0 radical (unpaired) electrons. The van der Waals surface area contributed by atoms with Crippen molar-refractivity contribution in [2.24, 2.45) is 13.0 Å². The maximum atomic E-state index is 11.3. The zero-order chi connectivity index (χ0) is 11.2. The minimum Gasteiger partial charge on any atom is -0.481 e. The van der Waals surface area contributed by atoms with E-state index in [1.165, 1.54) is 0 Å². The number of carboxylic acids is 1. The molecule has 0 fully saturated rings. The van der Waals surface area contributed by atoms with E-state index in [9.17, 15) is 9.90 Å². The van der Waals surface area contributed by atoms with Crippen molar-refractivity contribution in [3.05, 3.63) is 17.0 Å². The molecule has 1 heterocycles. The lowest BCUT2D eigenvalue weighted by atomic mass is 9.78. The summed E-state index contributed by atoms with van der Waals surface area (Å²) in [6.45, 7) is 3.90. The van der Waals surface area contributed by atoms with E-state index < -0.39 is 5.97 Å². The van der Waals surface area contributed by atoms with E-state index in [4.69, 9.17) is 0 Å². The summed E-state index contributed by atoms with van der Waals surface area (Å²) in [7, 11) is 1.89. The van der Waals surface area contributed by atoms with E-state index in [0.29, 0.717) is 0 Å². The summed E-state index contributed by atoms with van der Waals surface area (Å²) in [5.41, 5.74) is 2.91. The zero-order valence-electron chi connectivity index (χ0n) is 9.32. The van der Waals surface area contributed by atoms with Crippen molar-refractivity contribution in [1.82, 2.24) is 9.78 Å². The first kappa shape index (κ1) is 10.2. The molecule has 4 heteroatoms. The van der Waals surface area contributed by atoms with E-state index in [1.807, 2.05) is 25.6 Å². The number of rotatable bonds is 1. The minimum atomic E-state index is -0.723. The zero-order valence-corrected chi connectivity index (χ0v) is 9.32. The number of aromatic nitrogens is 2. The highest BCUT2D eigenvalue weighted by Gasteiger charge is 2.35. The molecule has 1 aliphatic rings. The lowest BCUT2D eigenvalue weighted by Gasteiger charge is -2.26. The third-order valence-corrected chi connectivity index (χ3v) is 3.37. The summed E-state index contributed by atoms with van der Waals surface area (Å²) in [5, 5.41) is 13.6. The van der Waals surface area contributed by atoms with Gasteiger partial charge in [-0.2, -0.15) is 5.10 Å². The summed E-state index contributed by atoms with van der Waals surface area (Å²) in [4.78, 5) is 11.3. The second-order valence-corrected chi connectivity index (χ2v) is 4.40. The third-order valence-electron chi connectivity index (χ3n) is 3.37. The SMILES string of the molecule is Cc1nn(C)c2c1C(C(=O)O)C(C)CC2. The van der Waals surface area contributed by atoms with Crippen molar-refractivity contribution >= 4 is 5.97 Å². The van der Waals surface area contributed by atoms with Crippen molar-refractivity contribution in [2.75, 3.05) is 0 Å². The van der Waals surface area contributed by atoms with Gasteiger partial charge in [0.15, 0.2) is 0 Å². The van der Waals surface area contributed by atoms with E-state index in [-0.39, 0.29) is 11.8 Å². The van der Waals surface area contributed by atoms with Gasteiger partial charge in [0.05, 0.1) is 11.6 Å². The van der Waals surface area contributed by atoms with Crippen LogP contribution in [0.1, 0.15) is 36.2 Å². The standard InChI is InChI=1S/C11H16N2O2/c1-6-4-5-8-10(9(6)11(14)15)7(2)12-13(8)3/h6,9H,4-5H2,1-3H3,(H,14,15). The van der Waals surface area contributed by atoms with Crippen LogP contribution in [0.5, 0.6) is 0 Å². The number of nitrogens with zero attached hydrogens (tertiary/aromatic N) is 2. The molecule has 0 aliphatic heterocycles. The van der Waals surface area contributed by atoms with Crippen molar-refractivity contribution < 1.29 is 9.90 Å². The summed E-state index contributed by atoms with van der Waals surface area (Å²) < 4.78 is 1.83. The maximum Gasteiger partial charge on any atom is 0.311 e. The van der Waals surface area contributed by atoms with Gasteiger partial charge in [-0.05, 0) is 25.7 Å². The van der Waals surface area contributed by atoms with E-state index in [0.717, 1.165) is 29.8 Å². The Kier molecular flexibility index (Phi) is 2.29. The molecule has 82 valence electrons. The smallest absolute Gasteiger partial charge is 0.311 e. The lowest BCUT2D eigenvalue weighted by Crippen LogP contribution is -2.26. The molecule has 2 rings (SSSR count). The van der Waals surface area contributed by atoms with Crippen molar-refractivity contribution in [2.45, 2.75) is 32.6 Å². The second kappa shape index (κ2) is 3.36. The molecular formula is C11H16N2O2. The molecule has 1 N–H and O–H groups in total. The van der Waals surface area contributed by atoms with Crippen LogP contribution in [0.15, 0.2) is 0 Å². The van der Waals surface area contributed by atoms with Crippen molar-refractivity contribution in [1.29, 1.82) is 0 Å². The van der Waals surface area contributed by atoms with Crippen LogP contribution in [0.25, 0.3) is 0 Å². The number of fused-ring (bicyclic) bond motifs is 1. The molecule has 0 saturated heterocycles. The first-order valence-corrected chi connectivity index (χ1v) is 5.27. The summed E-state index contributed by atoms with van der Waals surface area (Å²) in [6.07, 6.45) is 1.88. The van der Waals surface area contributed by atoms with Crippen LogP contribution in [0, 0.1) is 12.8 Å². The molecule has 1 aromatic heterocycles. The molecule has 0 spiro atoms. The largest absolute Gasteiger partial charge is 0.481 e. The monoisotopic (exact) mass is 208 g/mol. The Morgan fingerprint density at radius 2 is 2.27 bits per heavy atom. The normalized spacial score (nSPS) is 25.0. The number of hydrogen-bond acceptors (Lipinski definition) is 2. The molecule has 0 aromatic carbocycles. The molecule has 15 heavy (non-hydrogen) atoms. The number of carboxylic acid groups (broad SMARTS) is 1. The number of carbonyl (C=O) groups is 1. The van der Waals surface area contributed by atoms with Crippen LogP contribution in [0.4, 0.5) is 0 Å². The minimum absolute atomic E-state index is 0.206. The Balaban J connectivity index is 2.56. The van der Waals surface area contributed by atoms with Crippen LogP contribution >= 0.6 is 0 Å². The molecule has 1 aromatic rings. The predicted molar refractivity (Wildman–Crippen MR) is 55.8 cm³/mol. The van der Waals surface area contributed by atoms with E-state index >= 15 is 0 Å². The van der Waals surface area contributed by atoms with E-state index in [1.54, 1.807) is 0 Å². The fraction of sp³-hybridized carbons (Fsp3) is 0.636. The second-order valence-electron chi connectivity index (χ2n) is 4.40. The molecule has 2 unspecified atom stereocenters. The Morgan fingerprint density at radius 1 is 1.60 bits per heavy atom. The Morgan fingerprint density at radius 3 is 2.87 bits per heavy atom. The van der Waals surface area contributed by atoms with Gasteiger partial charge < -0.3 is 5.11 Å². The quantitative estimate of drug-likeness (QED) is 0.760. The average molecular weight is 208 g/mol. The molecule has 4 nitrogen and oxygen atoms in total. The first-order chi connectivity index (χ1) is 7.02. The first-order valence-electron chi connectivity index (χ1n) is 5.27. The maximum absolute atomic E-state index is 11.3. The highest BCUT2D eigenvalue weighted by atomic mass is 16.4. The van der Waals surface area contributed by atoms with Crippen molar-refractivity contribution in [3.8, 4) is 0 Å². The Labute approximate surface area is 88.9 Å². The van der Waals surface area contributed by atoms with Crippen LogP contribution in [-0.2, 0) is 18.3 Å². The van der Waals surface area contributed by atoms with Crippen molar-refractivity contribution in [3.63, 3.8) is 0 Å². The lowest BCUT2D eigenvalue weighted by molar-refractivity contribution is -0.140. The third kappa shape index (κ3) is 1.44. The average Bonchev–Trinajstić information content (AvgIpc) is 2.41. The van der Waals surface area contributed by atoms with Gasteiger partial charge in [-0.15, -0.1) is 0 Å². The molecular weight excluding hydrogens is 192 g/mol. The molecule has 0 saturated carbocycles. The van der Waals surface area contributed by atoms with Gasteiger partial charge in [0.2, 0.25) is 0 Å².